The van der Waals surface area contributed by atoms with Crippen LogP contribution in [0.15, 0.2) is 67.5 Å². The molecule has 3 rings (SSSR count). The first-order valence-electron chi connectivity index (χ1n) is 8.26. The highest BCUT2D eigenvalue weighted by atomic mass is 16.2. The molecule has 7 nitrogen and oxygen atoms in total. The standard InChI is InChI=1S/C20H19N5O2/c1-4-18(26)25(3)15-11-9-14(10-12-15)20(27)22-17-8-6-5-7-16(17)19-23-21-13-24(19)2/h4-13H,1H2,2-3H3,(H,22,27). The van der Waals surface area contributed by atoms with Gasteiger partial charge in [0, 0.05) is 30.9 Å². The molecule has 1 N–H and O–H groups in total. The average molecular weight is 361 g/mol. The van der Waals surface area contributed by atoms with E-state index in [1.54, 1.807) is 42.2 Å². The van der Waals surface area contributed by atoms with Crippen molar-refractivity contribution in [3.8, 4) is 11.4 Å². The minimum Gasteiger partial charge on any atom is -0.321 e. The molecule has 0 bridgehead atoms. The Kier molecular flexibility index (Phi) is 5.12. The summed E-state index contributed by atoms with van der Waals surface area (Å²) in [6.45, 7) is 3.47. The van der Waals surface area contributed by atoms with Crippen LogP contribution in [-0.2, 0) is 11.8 Å². The number of anilines is 2. The lowest BCUT2D eigenvalue weighted by atomic mass is 10.1. The SMILES string of the molecule is C=CC(=O)N(C)c1ccc(C(=O)Nc2ccccc2-c2nncn2C)cc1. The van der Waals surface area contributed by atoms with Gasteiger partial charge in [-0.25, -0.2) is 0 Å². The van der Waals surface area contributed by atoms with Crippen molar-refractivity contribution in [2.75, 3.05) is 17.3 Å². The third-order valence-electron chi connectivity index (χ3n) is 4.15. The second kappa shape index (κ2) is 7.65. The number of para-hydroxylation sites is 1. The van der Waals surface area contributed by atoms with E-state index in [2.05, 4.69) is 22.1 Å². The molecule has 0 aliphatic rings. The highest BCUT2D eigenvalue weighted by Crippen LogP contribution is 2.26. The van der Waals surface area contributed by atoms with Crippen molar-refractivity contribution in [2.45, 2.75) is 0 Å². The lowest BCUT2D eigenvalue weighted by Crippen LogP contribution is -2.23. The second-order valence-electron chi connectivity index (χ2n) is 5.91. The van der Waals surface area contributed by atoms with Crippen LogP contribution in [0.3, 0.4) is 0 Å². The summed E-state index contributed by atoms with van der Waals surface area (Å²) in [7, 11) is 3.49. The van der Waals surface area contributed by atoms with Gasteiger partial charge >= 0.3 is 0 Å². The molecular weight excluding hydrogens is 342 g/mol. The maximum absolute atomic E-state index is 12.6. The highest BCUT2D eigenvalue weighted by molar-refractivity contribution is 6.06. The van der Waals surface area contributed by atoms with Crippen molar-refractivity contribution in [3.63, 3.8) is 0 Å². The van der Waals surface area contributed by atoms with Crippen molar-refractivity contribution < 1.29 is 9.59 Å². The van der Waals surface area contributed by atoms with E-state index in [4.69, 9.17) is 0 Å². The molecule has 136 valence electrons. The molecule has 3 aromatic rings. The van der Waals surface area contributed by atoms with Crippen molar-refractivity contribution >= 4 is 23.2 Å². The summed E-state index contributed by atoms with van der Waals surface area (Å²) in [6, 6.07) is 14.2. The summed E-state index contributed by atoms with van der Waals surface area (Å²) in [5.74, 6) is 0.185. The van der Waals surface area contributed by atoms with Crippen molar-refractivity contribution in [1.29, 1.82) is 0 Å². The van der Waals surface area contributed by atoms with Gasteiger partial charge in [0.2, 0.25) is 5.91 Å². The Hall–Kier alpha value is -3.74. The molecule has 0 saturated heterocycles. The van der Waals surface area contributed by atoms with Gasteiger partial charge in [-0.05, 0) is 42.5 Å². The number of amides is 2. The number of likely N-dealkylation sites (N-methyl/N-ethyl adjacent to an activating group) is 1. The summed E-state index contributed by atoms with van der Waals surface area (Å²) in [5, 5.41) is 10.9. The zero-order valence-electron chi connectivity index (χ0n) is 15.1. The molecule has 0 radical (unpaired) electrons. The first-order valence-corrected chi connectivity index (χ1v) is 8.26. The van der Waals surface area contributed by atoms with E-state index in [0.29, 0.717) is 22.8 Å². The topological polar surface area (TPSA) is 80.1 Å². The van der Waals surface area contributed by atoms with E-state index >= 15 is 0 Å². The van der Waals surface area contributed by atoms with Crippen LogP contribution < -0.4 is 10.2 Å². The van der Waals surface area contributed by atoms with E-state index in [1.165, 1.54) is 11.0 Å². The molecule has 1 aromatic heterocycles. The molecule has 0 saturated carbocycles. The lowest BCUT2D eigenvalue weighted by Gasteiger charge is -2.15. The van der Waals surface area contributed by atoms with E-state index in [0.717, 1.165) is 5.56 Å². The second-order valence-corrected chi connectivity index (χ2v) is 5.91. The number of nitrogens with one attached hydrogen (secondary N) is 1. The Morgan fingerprint density at radius 1 is 1.15 bits per heavy atom. The molecular formula is C20H19N5O2. The Bertz CT molecular complexity index is 992. The fraction of sp³-hybridized carbons (Fsp3) is 0.100. The van der Waals surface area contributed by atoms with Crippen LogP contribution in [0.25, 0.3) is 11.4 Å². The quantitative estimate of drug-likeness (QED) is 0.709. The largest absolute Gasteiger partial charge is 0.321 e. The third kappa shape index (κ3) is 3.77. The molecule has 0 spiro atoms. The molecule has 0 aliphatic carbocycles. The van der Waals surface area contributed by atoms with Crippen LogP contribution in [0.2, 0.25) is 0 Å². The number of carbonyl (C=O) groups is 2. The zero-order chi connectivity index (χ0) is 19.4. The fourth-order valence-corrected chi connectivity index (χ4v) is 2.61. The van der Waals surface area contributed by atoms with E-state index < -0.39 is 0 Å². The predicted octanol–water partition coefficient (Wildman–Crippen LogP) is 2.88. The first-order chi connectivity index (χ1) is 13.0. The van der Waals surface area contributed by atoms with Gasteiger partial charge in [0.1, 0.15) is 6.33 Å². The van der Waals surface area contributed by atoms with Gasteiger partial charge in [-0.1, -0.05) is 18.7 Å². The number of rotatable bonds is 5. The van der Waals surface area contributed by atoms with Crippen molar-refractivity contribution in [3.05, 3.63) is 73.1 Å². The van der Waals surface area contributed by atoms with Crippen LogP contribution in [0.4, 0.5) is 11.4 Å². The number of hydrogen-bond donors (Lipinski definition) is 1. The Labute approximate surface area is 157 Å². The summed E-state index contributed by atoms with van der Waals surface area (Å²) in [6.07, 6.45) is 2.84. The van der Waals surface area contributed by atoms with E-state index in [-0.39, 0.29) is 11.8 Å². The summed E-state index contributed by atoms with van der Waals surface area (Å²) in [5.41, 5.74) is 2.57. The summed E-state index contributed by atoms with van der Waals surface area (Å²) in [4.78, 5) is 25.8. The number of nitrogens with zero attached hydrogens (tertiary/aromatic N) is 4. The lowest BCUT2D eigenvalue weighted by molar-refractivity contribution is -0.113. The predicted molar refractivity (Wildman–Crippen MR) is 104 cm³/mol. The number of aryl methyl sites for hydroxylation is 1. The molecule has 0 unspecified atom stereocenters. The minimum absolute atomic E-state index is 0.218. The first kappa shape index (κ1) is 18.1. The maximum atomic E-state index is 12.6. The van der Waals surface area contributed by atoms with Gasteiger partial charge in [0.25, 0.3) is 5.91 Å². The van der Waals surface area contributed by atoms with Crippen LogP contribution >= 0.6 is 0 Å². The smallest absolute Gasteiger partial charge is 0.255 e. The Morgan fingerprint density at radius 2 is 1.85 bits per heavy atom. The van der Waals surface area contributed by atoms with Gasteiger partial charge in [-0.2, -0.15) is 0 Å². The molecule has 0 atom stereocenters. The number of carbonyl (C=O) groups excluding carboxylic acids is 2. The normalized spacial score (nSPS) is 10.3. The molecule has 0 aliphatic heterocycles. The van der Waals surface area contributed by atoms with Gasteiger partial charge < -0.3 is 14.8 Å². The molecule has 7 heteroatoms. The van der Waals surface area contributed by atoms with Crippen LogP contribution in [0.1, 0.15) is 10.4 Å². The number of aromatic nitrogens is 3. The summed E-state index contributed by atoms with van der Waals surface area (Å²) < 4.78 is 1.78. The van der Waals surface area contributed by atoms with Crippen LogP contribution in [0.5, 0.6) is 0 Å². The van der Waals surface area contributed by atoms with Gasteiger partial charge in [-0.3, -0.25) is 9.59 Å². The van der Waals surface area contributed by atoms with Gasteiger partial charge in [-0.15, -0.1) is 10.2 Å². The number of hydrogen-bond acceptors (Lipinski definition) is 4. The molecule has 1 heterocycles. The zero-order valence-corrected chi connectivity index (χ0v) is 15.1. The monoisotopic (exact) mass is 361 g/mol. The summed E-state index contributed by atoms with van der Waals surface area (Å²) >= 11 is 0. The highest BCUT2D eigenvalue weighted by Gasteiger charge is 2.14. The maximum Gasteiger partial charge on any atom is 0.255 e. The molecule has 27 heavy (non-hydrogen) atoms. The molecule has 2 amide bonds. The van der Waals surface area contributed by atoms with Gasteiger partial charge in [0.05, 0.1) is 5.69 Å². The Balaban J connectivity index is 1.82. The van der Waals surface area contributed by atoms with E-state index in [1.807, 2.05) is 31.3 Å². The average Bonchev–Trinajstić information content (AvgIpc) is 3.13. The molecule has 0 fully saturated rings. The number of benzene rings is 2. The fourth-order valence-electron chi connectivity index (χ4n) is 2.61. The van der Waals surface area contributed by atoms with Crippen molar-refractivity contribution in [1.82, 2.24) is 14.8 Å². The van der Waals surface area contributed by atoms with Crippen LogP contribution in [-0.4, -0.2) is 33.6 Å². The Morgan fingerprint density at radius 3 is 2.48 bits per heavy atom. The van der Waals surface area contributed by atoms with Gasteiger partial charge in [0.15, 0.2) is 5.82 Å². The van der Waals surface area contributed by atoms with Crippen LogP contribution in [0, 0.1) is 0 Å². The third-order valence-corrected chi connectivity index (χ3v) is 4.15. The van der Waals surface area contributed by atoms with E-state index in [9.17, 15) is 9.59 Å². The van der Waals surface area contributed by atoms with Crippen molar-refractivity contribution in [2.24, 2.45) is 7.05 Å². The minimum atomic E-state index is -0.256. The molecule has 2 aromatic carbocycles.